The van der Waals surface area contributed by atoms with E-state index in [0.717, 1.165) is 32.6 Å². The minimum Gasteiger partial charge on any atom is -0.390 e. The Morgan fingerprint density at radius 2 is 1.67 bits per heavy atom. The van der Waals surface area contributed by atoms with Crippen LogP contribution in [0.25, 0.3) is 0 Å². The fourth-order valence-electron chi connectivity index (χ4n) is 3.54. The number of hydrogen-bond donors (Lipinski definition) is 2. The second-order valence-electron chi connectivity index (χ2n) is 5.85. The Morgan fingerprint density at radius 1 is 1.00 bits per heavy atom. The first-order chi connectivity index (χ1) is 9.34. The summed E-state index contributed by atoms with van der Waals surface area (Å²) in [4.78, 5) is 2.50. The van der Waals surface area contributed by atoms with Gasteiger partial charge in [0.1, 0.15) is 0 Å². The van der Waals surface area contributed by atoms with Crippen molar-refractivity contribution in [1.29, 1.82) is 0 Å². The van der Waals surface area contributed by atoms with Crippen molar-refractivity contribution in [2.45, 2.75) is 37.3 Å². The summed E-state index contributed by atoms with van der Waals surface area (Å²) in [6, 6.07) is 11.2. The van der Waals surface area contributed by atoms with Crippen molar-refractivity contribution in [3.05, 3.63) is 35.9 Å². The highest BCUT2D eigenvalue weighted by Gasteiger charge is 2.31. The Bertz CT molecular complexity index is 397. The number of halogens is 2. The van der Waals surface area contributed by atoms with E-state index in [1.807, 2.05) is 0 Å². The molecule has 1 aromatic carbocycles. The average molecular weight is 333 g/mol. The molecule has 1 aromatic rings. The van der Waals surface area contributed by atoms with Crippen LogP contribution in [0.4, 0.5) is 0 Å². The third kappa shape index (κ3) is 4.57. The summed E-state index contributed by atoms with van der Waals surface area (Å²) in [6.45, 7) is 4.05. The fraction of sp³-hybridized carbons (Fsp3) is 0.625. The highest BCUT2D eigenvalue weighted by Crippen LogP contribution is 2.29. The molecule has 0 unspecified atom stereocenters. The maximum absolute atomic E-state index is 10.1. The number of likely N-dealkylation sites (tertiary alicyclic amines) is 1. The molecular weight excluding hydrogens is 307 g/mol. The van der Waals surface area contributed by atoms with Crippen LogP contribution in [0.2, 0.25) is 0 Å². The number of hydrogen-bond acceptors (Lipinski definition) is 3. The molecule has 0 aliphatic carbocycles. The molecule has 0 spiro atoms. The van der Waals surface area contributed by atoms with Gasteiger partial charge in [0, 0.05) is 12.6 Å². The summed E-state index contributed by atoms with van der Waals surface area (Å²) in [5.41, 5.74) is 1.48. The number of piperidine rings is 2. The van der Waals surface area contributed by atoms with Crippen LogP contribution in [0.1, 0.15) is 30.7 Å². The highest BCUT2D eigenvalue weighted by atomic mass is 35.5. The normalized spacial score (nSPS) is 27.5. The lowest BCUT2D eigenvalue weighted by atomic mass is 9.88. The van der Waals surface area contributed by atoms with Gasteiger partial charge in [-0.15, -0.1) is 24.8 Å². The summed E-state index contributed by atoms with van der Waals surface area (Å²) in [5.74, 6) is 0.705. The van der Waals surface area contributed by atoms with Gasteiger partial charge in [-0.1, -0.05) is 30.3 Å². The Kier molecular flexibility index (Phi) is 7.99. The topological polar surface area (TPSA) is 35.5 Å². The van der Waals surface area contributed by atoms with Gasteiger partial charge in [0.15, 0.2) is 0 Å². The SMILES string of the molecule is Cl.Cl.O[C@@H]1CNCC[C@H]1N1CCC(c2ccccc2)CC1. The van der Waals surface area contributed by atoms with Gasteiger partial charge in [-0.2, -0.15) is 0 Å². The van der Waals surface area contributed by atoms with E-state index in [2.05, 4.69) is 40.5 Å². The number of β-amino-alcohol motifs (C(OH)–C–C–N with tert-alkyl or cyclic N) is 1. The molecule has 2 N–H and O–H groups in total. The van der Waals surface area contributed by atoms with Gasteiger partial charge in [0.2, 0.25) is 0 Å². The molecule has 0 bridgehead atoms. The second-order valence-corrected chi connectivity index (χ2v) is 5.85. The van der Waals surface area contributed by atoms with Crippen LogP contribution in [-0.2, 0) is 0 Å². The minimum absolute atomic E-state index is 0. The maximum Gasteiger partial charge on any atom is 0.0819 e. The molecule has 21 heavy (non-hydrogen) atoms. The molecule has 2 aliphatic rings. The van der Waals surface area contributed by atoms with Crippen molar-refractivity contribution >= 4 is 24.8 Å². The van der Waals surface area contributed by atoms with E-state index in [0.29, 0.717) is 12.0 Å². The molecule has 2 aliphatic heterocycles. The van der Waals surface area contributed by atoms with E-state index in [1.165, 1.54) is 18.4 Å². The molecule has 2 heterocycles. The number of nitrogens with zero attached hydrogens (tertiary/aromatic N) is 1. The van der Waals surface area contributed by atoms with Crippen LogP contribution in [0.15, 0.2) is 30.3 Å². The number of nitrogens with one attached hydrogen (secondary N) is 1. The van der Waals surface area contributed by atoms with Crippen molar-refractivity contribution in [2.75, 3.05) is 26.2 Å². The summed E-state index contributed by atoms with van der Waals surface area (Å²) in [5, 5.41) is 13.4. The van der Waals surface area contributed by atoms with Gasteiger partial charge >= 0.3 is 0 Å². The quantitative estimate of drug-likeness (QED) is 0.873. The Morgan fingerprint density at radius 3 is 2.29 bits per heavy atom. The van der Waals surface area contributed by atoms with E-state index in [9.17, 15) is 5.11 Å². The zero-order chi connectivity index (χ0) is 13.1. The summed E-state index contributed by atoms with van der Waals surface area (Å²) in [6.07, 6.45) is 3.33. The van der Waals surface area contributed by atoms with E-state index >= 15 is 0 Å². The monoisotopic (exact) mass is 332 g/mol. The molecule has 2 fully saturated rings. The smallest absolute Gasteiger partial charge is 0.0819 e. The predicted molar refractivity (Wildman–Crippen MR) is 91.8 cm³/mol. The zero-order valence-electron chi connectivity index (χ0n) is 12.3. The number of rotatable bonds is 2. The molecule has 2 atom stereocenters. The second kappa shape index (κ2) is 8.96. The molecule has 0 amide bonds. The van der Waals surface area contributed by atoms with Crippen LogP contribution >= 0.6 is 24.8 Å². The molecule has 0 saturated carbocycles. The van der Waals surface area contributed by atoms with Crippen molar-refractivity contribution in [2.24, 2.45) is 0 Å². The first kappa shape index (κ1) is 18.7. The molecule has 3 nitrogen and oxygen atoms in total. The third-order valence-corrected chi connectivity index (χ3v) is 4.68. The van der Waals surface area contributed by atoms with Gasteiger partial charge in [-0.05, 0) is 50.4 Å². The first-order valence-corrected chi connectivity index (χ1v) is 7.52. The molecule has 0 aromatic heterocycles. The molecule has 3 rings (SSSR count). The Balaban J connectivity index is 0.00000110. The standard InChI is InChI=1S/C16H24N2O.2ClH/c19-16-12-17-9-6-15(16)18-10-7-14(8-11-18)13-4-2-1-3-5-13;;/h1-5,14-17,19H,6-12H2;2*1H/t15-,16-;;/m1../s1. The van der Waals surface area contributed by atoms with E-state index in [4.69, 9.17) is 0 Å². The van der Waals surface area contributed by atoms with Gasteiger partial charge in [-0.3, -0.25) is 4.90 Å². The summed E-state index contributed by atoms with van der Waals surface area (Å²) in [7, 11) is 0. The van der Waals surface area contributed by atoms with Gasteiger partial charge in [0.25, 0.3) is 0 Å². The lowest BCUT2D eigenvalue weighted by molar-refractivity contribution is 0.0170. The predicted octanol–water partition coefficient (Wildman–Crippen LogP) is 2.43. The first-order valence-electron chi connectivity index (χ1n) is 7.52. The van der Waals surface area contributed by atoms with Gasteiger partial charge < -0.3 is 10.4 Å². The molecular formula is C16H26Cl2N2O. The van der Waals surface area contributed by atoms with E-state index in [1.54, 1.807) is 0 Å². The highest BCUT2D eigenvalue weighted by molar-refractivity contribution is 5.85. The van der Waals surface area contributed by atoms with Crippen LogP contribution in [0.3, 0.4) is 0 Å². The molecule has 120 valence electrons. The van der Waals surface area contributed by atoms with Crippen LogP contribution in [0.5, 0.6) is 0 Å². The third-order valence-electron chi connectivity index (χ3n) is 4.68. The number of benzene rings is 1. The van der Waals surface area contributed by atoms with E-state index in [-0.39, 0.29) is 30.9 Å². The van der Waals surface area contributed by atoms with E-state index < -0.39 is 0 Å². The minimum atomic E-state index is -0.193. The molecule has 0 radical (unpaired) electrons. The zero-order valence-corrected chi connectivity index (χ0v) is 13.9. The van der Waals surface area contributed by atoms with Crippen LogP contribution < -0.4 is 5.32 Å². The van der Waals surface area contributed by atoms with Crippen molar-refractivity contribution < 1.29 is 5.11 Å². The largest absolute Gasteiger partial charge is 0.390 e. The van der Waals surface area contributed by atoms with Crippen LogP contribution in [0, 0.1) is 0 Å². The van der Waals surface area contributed by atoms with Gasteiger partial charge in [0.05, 0.1) is 6.10 Å². The molecule has 5 heteroatoms. The number of aliphatic hydroxyl groups is 1. The van der Waals surface area contributed by atoms with Crippen molar-refractivity contribution in [3.8, 4) is 0 Å². The van der Waals surface area contributed by atoms with Crippen molar-refractivity contribution in [1.82, 2.24) is 10.2 Å². The average Bonchev–Trinajstić information content (AvgIpc) is 2.49. The Hall–Kier alpha value is -0.320. The lowest BCUT2D eigenvalue weighted by Gasteiger charge is -2.41. The Labute approximate surface area is 139 Å². The number of aliphatic hydroxyl groups excluding tert-OH is 1. The summed E-state index contributed by atoms with van der Waals surface area (Å²) < 4.78 is 0. The maximum atomic E-state index is 10.1. The molecule has 2 saturated heterocycles. The fourth-order valence-corrected chi connectivity index (χ4v) is 3.54. The lowest BCUT2D eigenvalue weighted by Crippen LogP contribution is -2.54. The summed E-state index contributed by atoms with van der Waals surface area (Å²) >= 11 is 0. The van der Waals surface area contributed by atoms with Gasteiger partial charge in [-0.25, -0.2) is 0 Å². The van der Waals surface area contributed by atoms with Crippen molar-refractivity contribution in [3.63, 3.8) is 0 Å². The van der Waals surface area contributed by atoms with Crippen LogP contribution in [-0.4, -0.2) is 48.3 Å².